The molecule has 174 valence electrons. The van der Waals surface area contributed by atoms with Crippen molar-refractivity contribution in [2.75, 3.05) is 18.0 Å². The number of aromatic nitrogens is 3. The van der Waals surface area contributed by atoms with Crippen molar-refractivity contribution in [3.63, 3.8) is 0 Å². The van der Waals surface area contributed by atoms with Crippen LogP contribution in [0.3, 0.4) is 0 Å². The molecule has 1 aliphatic rings. The van der Waals surface area contributed by atoms with E-state index >= 15 is 0 Å². The van der Waals surface area contributed by atoms with Crippen molar-refractivity contribution < 1.29 is 19.4 Å². The van der Waals surface area contributed by atoms with Gasteiger partial charge < -0.3 is 29.6 Å². The first kappa shape index (κ1) is 23.4. The molecule has 1 aliphatic heterocycles. The van der Waals surface area contributed by atoms with E-state index in [0.717, 1.165) is 18.4 Å². The van der Waals surface area contributed by atoms with Gasteiger partial charge in [-0.25, -0.2) is 14.6 Å². The third-order valence-electron chi connectivity index (χ3n) is 5.06. The molecule has 10 heteroatoms. The number of nitrogens with one attached hydrogen (secondary N) is 2. The van der Waals surface area contributed by atoms with Crippen molar-refractivity contribution in [1.29, 1.82) is 0 Å². The molecule has 3 rings (SSSR count). The number of H-pyrrole nitrogens is 1. The maximum atomic E-state index is 12.7. The average molecular weight is 446 g/mol. The van der Waals surface area contributed by atoms with Crippen LogP contribution >= 0.6 is 0 Å². The minimum Gasteiger partial charge on any atom is -0.477 e. The van der Waals surface area contributed by atoms with Crippen molar-refractivity contribution >= 4 is 29.0 Å². The van der Waals surface area contributed by atoms with Gasteiger partial charge in [0.05, 0.1) is 5.52 Å². The van der Waals surface area contributed by atoms with Gasteiger partial charge in [-0.05, 0) is 53.5 Å². The standard InChI is InChI=1S/C22H31N5O5/c1-13(2)8-10-27-17-15(11-16(19(29)30)24-18(17)28)25-20(27)26-9-6-7-14(12-26)23-21(31)32-22(3,4)5/h8,11,14H,6-7,9-10,12H2,1-5H3,(H,23,31)(H,24,28)(H,29,30)/t14-/m1/s1. The molecule has 1 fully saturated rings. The topological polar surface area (TPSA) is 130 Å². The first-order valence-corrected chi connectivity index (χ1v) is 10.7. The lowest BCUT2D eigenvalue weighted by molar-refractivity contribution is 0.0499. The van der Waals surface area contributed by atoms with Gasteiger partial charge in [0, 0.05) is 25.7 Å². The van der Waals surface area contributed by atoms with Crippen LogP contribution in [0.2, 0.25) is 0 Å². The van der Waals surface area contributed by atoms with Crippen LogP contribution < -0.4 is 15.8 Å². The molecule has 1 atom stereocenters. The summed E-state index contributed by atoms with van der Waals surface area (Å²) in [6.45, 7) is 11.0. The molecule has 0 spiro atoms. The van der Waals surface area contributed by atoms with Crippen LogP contribution in [-0.2, 0) is 11.3 Å². The second-order valence-corrected chi connectivity index (χ2v) is 9.29. The summed E-state index contributed by atoms with van der Waals surface area (Å²) in [5.41, 5.74) is 0.444. The van der Waals surface area contributed by atoms with E-state index in [9.17, 15) is 19.5 Å². The van der Waals surface area contributed by atoms with Gasteiger partial charge >= 0.3 is 12.1 Å². The van der Waals surface area contributed by atoms with E-state index < -0.39 is 23.2 Å². The van der Waals surface area contributed by atoms with Gasteiger partial charge in [0.25, 0.3) is 5.56 Å². The number of carbonyl (C=O) groups is 2. The number of nitrogens with zero attached hydrogens (tertiary/aromatic N) is 3. The number of aromatic carboxylic acids is 1. The number of amides is 1. The summed E-state index contributed by atoms with van der Waals surface area (Å²) in [4.78, 5) is 45.4. The number of anilines is 1. The predicted molar refractivity (Wildman–Crippen MR) is 121 cm³/mol. The number of imidazole rings is 1. The highest BCUT2D eigenvalue weighted by Gasteiger charge is 2.28. The lowest BCUT2D eigenvalue weighted by Crippen LogP contribution is -2.49. The zero-order chi connectivity index (χ0) is 23.6. The molecular formula is C22H31N5O5. The Balaban J connectivity index is 1.95. The smallest absolute Gasteiger partial charge is 0.407 e. The number of fused-ring (bicyclic) bond motifs is 1. The summed E-state index contributed by atoms with van der Waals surface area (Å²) in [5.74, 6) is -0.648. The Morgan fingerprint density at radius 1 is 1.38 bits per heavy atom. The van der Waals surface area contributed by atoms with Crippen molar-refractivity contribution in [2.45, 2.75) is 65.6 Å². The van der Waals surface area contributed by atoms with Crippen LogP contribution in [-0.4, -0.2) is 56.4 Å². The van der Waals surface area contributed by atoms with Gasteiger partial charge in [0.2, 0.25) is 5.95 Å². The largest absolute Gasteiger partial charge is 0.477 e. The van der Waals surface area contributed by atoms with Crippen molar-refractivity contribution in [2.24, 2.45) is 0 Å². The van der Waals surface area contributed by atoms with E-state index in [-0.39, 0.29) is 11.7 Å². The predicted octanol–water partition coefficient (Wildman–Crippen LogP) is 2.88. The molecule has 32 heavy (non-hydrogen) atoms. The van der Waals surface area contributed by atoms with Gasteiger partial charge in [-0.15, -0.1) is 0 Å². The highest BCUT2D eigenvalue weighted by Crippen LogP contribution is 2.24. The summed E-state index contributed by atoms with van der Waals surface area (Å²) >= 11 is 0. The first-order chi connectivity index (χ1) is 14.9. The number of ether oxygens (including phenoxy) is 1. The maximum absolute atomic E-state index is 12.7. The van der Waals surface area contributed by atoms with E-state index in [1.54, 1.807) is 4.57 Å². The molecule has 0 bridgehead atoms. The molecule has 10 nitrogen and oxygen atoms in total. The number of allylic oxidation sites excluding steroid dienone is 2. The first-order valence-electron chi connectivity index (χ1n) is 10.7. The number of carboxylic acid groups (broad SMARTS) is 1. The quantitative estimate of drug-likeness (QED) is 0.603. The minimum atomic E-state index is -1.22. The Labute approximate surface area is 186 Å². The molecule has 0 unspecified atom stereocenters. The van der Waals surface area contributed by atoms with Gasteiger partial charge in [0.15, 0.2) is 0 Å². The lowest BCUT2D eigenvalue weighted by Gasteiger charge is -2.34. The average Bonchev–Trinajstić information content (AvgIpc) is 3.04. The van der Waals surface area contributed by atoms with Crippen molar-refractivity contribution in [3.05, 3.63) is 33.8 Å². The summed E-state index contributed by atoms with van der Waals surface area (Å²) in [6, 6.07) is 1.24. The third kappa shape index (κ3) is 5.49. The SMILES string of the molecule is CC(C)=CCn1c(N2CCC[C@@H](NC(=O)OC(C)(C)C)C2)nc2cc(C(=O)O)[nH]c(=O)c21. The fourth-order valence-electron chi connectivity index (χ4n) is 3.71. The molecule has 3 N–H and O–H groups in total. The van der Waals surface area contributed by atoms with E-state index in [2.05, 4.69) is 15.3 Å². The number of carbonyl (C=O) groups excluding carboxylic acids is 1. The molecule has 1 amide bonds. The van der Waals surface area contributed by atoms with Crippen LogP contribution in [0.25, 0.3) is 11.0 Å². The molecule has 0 aliphatic carbocycles. The van der Waals surface area contributed by atoms with E-state index in [1.165, 1.54) is 6.07 Å². The summed E-state index contributed by atoms with van der Waals surface area (Å²) in [5, 5.41) is 12.2. The monoisotopic (exact) mass is 445 g/mol. The Kier molecular flexibility index (Phi) is 6.61. The normalized spacial score (nSPS) is 16.7. The molecule has 0 radical (unpaired) electrons. The molecule has 2 aromatic heterocycles. The van der Waals surface area contributed by atoms with Gasteiger partial charge in [-0.3, -0.25) is 4.79 Å². The molecule has 2 aromatic rings. The van der Waals surface area contributed by atoms with Gasteiger partial charge in [0.1, 0.15) is 16.8 Å². The number of piperidine rings is 1. The van der Waals surface area contributed by atoms with E-state index in [1.807, 2.05) is 45.6 Å². The molecular weight excluding hydrogens is 414 g/mol. The number of hydrogen-bond donors (Lipinski definition) is 3. The number of hydrogen-bond acceptors (Lipinski definition) is 6. The zero-order valence-electron chi connectivity index (χ0n) is 19.2. The summed E-state index contributed by atoms with van der Waals surface area (Å²) in [6.07, 6.45) is 3.14. The molecule has 3 heterocycles. The van der Waals surface area contributed by atoms with Crippen LogP contribution in [0.5, 0.6) is 0 Å². The minimum absolute atomic E-state index is 0.136. The van der Waals surface area contributed by atoms with Crippen LogP contribution in [0.4, 0.5) is 10.7 Å². The summed E-state index contributed by atoms with van der Waals surface area (Å²) < 4.78 is 7.17. The van der Waals surface area contributed by atoms with Crippen LogP contribution in [0, 0.1) is 0 Å². The van der Waals surface area contributed by atoms with Crippen LogP contribution in [0.1, 0.15) is 57.9 Å². The van der Waals surface area contributed by atoms with Crippen molar-refractivity contribution in [3.8, 4) is 0 Å². The summed E-state index contributed by atoms with van der Waals surface area (Å²) in [7, 11) is 0. The fraction of sp³-hybridized carbons (Fsp3) is 0.545. The molecule has 1 saturated heterocycles. The number of aromatic amines is 1. The highest BCUT2D eigenvalue weighted by atomic mass is 16.6. The van der Waals surface area contributed by atoms with Gasteiger partial charge in [-0.1, -0.05) is 11.6 Å². The Hall–Kier alpha value is -3.30. The maximum Gasteiger partial charge on any atom is 0.407 e. The number of alkyl carbamates (subject to hydrolysis) is 1. The Morgan fingerprint density at radius 3 is 2.72 bits per heavy atom. The van der Waals surface area contributed by atoms with E-state index in [4.69, 9.17) is 4.74 Å². The lowest BCUT2D eigenvalue weighted by atomic mass is 10.1. The second-order valence-electron chi connectivity index (χ2n) is 9.29. The number of pyridine rings is 1. The van der Waals surface area contributed by atoms with Crippen LogP contribution in [0.15, 0.2) is 22.5 Å². The Bertz CT molecular complexity index is 1100. The third-order valence-corrected chi connectivity index (χ3v) is 5.06. The van der Waals surface area contributed by atoms with Gasteiger partial charge in [-0.2, -0.15) is 0 Å². The Morgan fingerprint density at radius 2 is 2.09 bits per heavy atom. The molecule has 0 saturated carbocycles. The number of carboxylic acids is 1. The van der Waals surface area contributed by atoms with Crippen molar-refractivity contribution in [1.82, 2.24) is 19.9 Å². The second kappa shape index (κ2) is 9.05. The zero-order valence-corrected chi connectivity index (χ0v) is 19.2. The van der Waals surface area contributed by atoms with E-state index in [0.29, 0.717) is 36.6 Å². The number of rotatable bonds is 5. The molecule has 0 aromatic carbocycles. The highest BCUT2D eigenvalue weighted by molar-refractivity contribution is 5.90. The fourth-order valence-corrected chi connectivity index (χ4v) is 3.71.